The fourth-order valence-corrected chi connectivity index (χ4v) is 1.35. The normalized spacial score (nSPS) is 27.4. The van der Waals surface area contributed by atoms with E-state index in [2.05, 4.69) is 34.6 Å². The van der Waals surface area contributed by atoms with Gasteiger partial charge in [0, 0.05) is 0 Å². The summed E-state index contributed by atoms with van der Waals surface area (Å²) in [5, 5.41) is 0. The second kappa shape index (κ2) is 5.56. The van der Waals surface area contributed by atoms with E-state index in [0.29, 0.717) is 18.4 Å². The van der Waals surface area contributed by atoms with E-state index in [1.165, 1.54) is 0 Å². The summed E-state index contributed by atoms with van der Waals surface area (Å²) in [6.45, 7) is 13.3. The Labute approximate surface area is 99.9 Å². The second-order valence-electron chi connectivity index (χ2n) is 4.86. The van der Waals surface area contributed by atoms with Crippen LogP contribution in [0.3, 0.4) is 0 Å². The van der Waals surface area contributed by atoms with Crippen LogP contribution in [0.15, 0.2) is 0 Å². The van der Waals surface area contributed by atoms with Crippen molar-refractivity contribution in [3.63, 3.8) is 0 Å². The predicted octanol–water partition coefficient (Wildman–Crippen LogP) is -0.362. The maximum Gasteiger partial charge on any atom is 1.00 e. The molecule has 1 rings (SSSR count). The largest absolute Gasteiger partial charge is 1.00 e. The SMILES string of the molecule is [CH2-]C(CC1OCC(C)(C)O1)C(C)C.[Li+]. The molecule has 1 heterocycles. The van der Waals surface area contributed by atoms with Crippen molar-refractivity contribution < 1.29 is 28.3 Å². The standard InChI is InChI=1S/C11H21O2.Li/c1-8(2)9(3)6-10-12-7-11(4,5)13-10;/h8-10H,3,6-7H2,1-2,4-5H3;/q-1;+1. The van der Waals surface area contributed by atoms with Gasteiger partial charge >= 0.3 is 18.9 Å². The van der Waals surface area contributed by atoms with Gasteiger partial charge in [-0.25, -0.2) is 0 Å². The minimum Gasteiger partial charge on any atom is -0.350 e. The number of rotatable bonds is 3. The first kappa shape index (κ1) is 14.5. The van der Waals surface area contributed by atoms with Crippen molar-refractivity contribution >= 4 is 0 Å². The van der Waals surface area contributed by atoms with Gasteiger partial charge in [0.05, 0.1) is 12.2 Å². The van der Waals surface area contributed by atoms with Gasteiger partial charge < -0.3 is 16.4 Å². The van der Waals surface area contributed by atoms with Crippen LogP contribution in [0.5, 0.6) is 0 Å². The quantitative estimate of drug-likeness (QED) is 0.449. The van der Waals surface area contributed by atoms with Crippen LogP contribution in [0, 0.1) is 18.8 Å². The van der Waals surface area contributed by atoms with Gasteiger partial charge in [-0.15, -0.1) is 0 Å². The molecule has 0 bridgehead atoms. The Hall–Kier alpha value is 0.517. The molecule has 0 aromatic carbocycles. The molecule has 1 saturated heterocycles. The molecule has 0 radical (unpaired) electrons. The third-order valence-corrected chi connectivity index (χ3v) is 2.51. The minimum absolute atomic E-state index is 0. The molecule has 78 valence electrons. The zero-order valence-corrected chi connectivity index (χ0v) is 10.2. The van der Waals surface area contributed by atoms with Gasteiger partial charge in [0.2, 0.25) is 0 Å². The molecule has 1 aliphatic heterocycles. The summed E-state index contributed by atoms with van der Waals surface area (Å²) in [6, 6.07) is 0. The fourth-order valence-electron chi connectivity index (χ4n) is 1.35. The average molecular weight is 192 g/mol. The van der Waals surface area contributed by atoms with Crippen molar-refractivity contribution in [2.45, 2.75) is 46.0 Å². The third-order valence-electron chi connectivity index (χ3n) is 2.51. The summed E-state index contributed by atoms with van der Waals surface area (Å²) in [5.74, 6) is 1.01. The van der Waals surface area contributed by atoms with E-state index in [1.807, 2.05) is 0 Å². The maximum absolute atomic E-state index is 5.71. The van der Waals surface area contributed by atoms with E-state index < -0.39 is 0 Å². The smallest absolute Gasteiger partial charge is 0.350 e. The van der Waals surface area contributed by atoms with Gasteiger partial charge in [0.15, 0.2) is 6.29 Å². The van der Waals surface area contributed by atoms with Crippen LogP contribution in [-0.2, 0) is 9.47 Å². The summed E-state index contributed by atoms with van der Waals surface area (Å²) in [6.07, 6.45) is 0.862. The number of hydrogen-bond donors (Lipinski definition) is 0. The van der Waals surface area contributed by atoms with Crippen LogP contribution >= 0.6 is 0 Å². The van der Waals surface area contributed by atoms with E-state index in [9.17, 15) is 0 Å². The Balaban J connectivity index is 0.00000169. The molecule has 1 fully saturated rings. The first-order valence-corrected chi connectivity index (χ1v) is 5.03. The van der Waals surface area contributed by atoms with E-state index in [0.717, 1.165) is 6.42 Å². The van der Waals surface area contributed by atoms with Crippen molar-refractivity contribution in [1.29, 1.82) is 0 Å². The average Bonchev–Trinajstić information content (AvgIpc) is 2.30. The number of ether oxygens (including phenoxy) is 2. The van der Waals surface area contributed by atoms with Gasteiger partial charge in [0.25, 0.3) is 0 Å². The Morgan fingerprint density at radius 2 is 2.00 bits per heavy atom. The molecule has 0 aliphatic carbocycles. The second-order valence-corrected chi connectivity index (χ2v) is 4.86. The summed E-state index contributed by atoms with van der Waals surface area (Å²) >= 11 is 0. The Morgan fingerprint density at radius 3 is 2.36 bits per heavy atom. The first-order valence-electron chi connectivity index (χ1n) is 5.03. The van der Waals surface area contributed by atoms with Crippen molar-refractivity contribution in [2.75, 3.05) is 6.61 Å². The summed E-state index contributed by atoms with van der Waals surface area (Å²) in [7, 11) is 0. The molecular formula is C11H21LiO2. The summed E-state index contributed by atoms with van der Waals surface area (Å²) < 4.78 is 11.2. The summed E-state index contributed by atoms with van der Waals surface area (Å²) in [5.41, 5.74) is -0.110. The van der Waals surface area contributed by atoms with Gasteiger partial charge in [-0.05, 0) is 20.3 Å². The molecule has 0 aromatic rings. The fraction of sp³-hybridized carbons (Fsp3) is 0.909. The van der Waals surface area contributed by atoms with Crippen LogP contribution < -0.4 is 18.9 Å². The molecule has 0 aromatic heterocycles. The molecular weight excluding hydrogens is 171 g/mol. The van der Waals surface area contributed by atoms with Gasteiger partial charge in [-0.1, -0.05) is 19.8 Å². The van der Waals surface area contributed by atoms with E-state index >= 15 is 0 Å². The van der Waals surface area contributed by atoms with Crippen LogP contribution in [0.1, 0.15) is 34.1 Å². The first-order chi connectivity index (χ1) is 5.91. The Bertz CT molecular complexity index is 169. The van der Waals surface area contributed by atoms with Crippen molar-refractivity contribution in [3.8, 4) is 0 Å². The van der Waals surface area contributed by atoms with Crippen LogP contribution in [0.25, 0.3) is 0 Å². The van der Waals surface area contributed by atoms with Gasteiger partial charge in [-0.2, -0.15) is 5.92 Å². The molecule has 0 saturated carbocycles. The summed E-state index contributed by atoms with van der Waals surface area (Å²) in [4.78, 5) is 0. The zero-order valence-electron chi connectivity index (χ0n) is 10.2. The third kappa shape index (κ3) is 4.36. The minimum atomic E-state index is -0.110. The van der Waals surface area contributed by atoms with Crippen molar-refractivity contribution in [1.82, 2.24) is 0 Å². The van der Waals surface area contributed by atoms with Crippen LogP contribution in [0.4, 0.5) is 0 Å². The van der Waals surface area contributed by atoms with Crippen LogP contribution in [-0.4, -0.2) is 18.5 Å². The van der Waals surface area contributed by atoms with Crippen LogP contribution in [0.2, 0.25) is 0 Å². The monoisotopic (exact) mass is 192 g/mol. The zero-order chi connectivity index (χ0) is 10.1. The Morgan fingerprint density at radius 1 is 1.43 bits per heavy atom. The molecule has 0 N–H and O–H groups in total. The van der Waals surface area contributed by atoms with E-state index in [-0.39, 0.29) is 30.8 Å². The number of hydrogen-bond acceptors (Lipinski definition) is 2. The van der Waals surface area contributed by atoms with E-state index in [1.54, 1.807) is 0 Å². The molecule has 0 spiro atoms. The van der Waals surface area contributed by atoms with E-state index in [4.69, 9.17) is 9.47 Å². The van der Waals surface area contributed by atoms with Crippen molar-refractivity contribution in [2.24, 2.45) is 11.8 Å². The van der Waals surface area contributed by atoms with Gasteiger partial charge in [-0.3, -0.25) is 0 Å². The molecule has 14 heavy (non-hydrogen) atoms. The predicted molar refractivity (Wildman–Crippen MR) is 53.2 cm³/mol. The molecule has 3 heteroatoms. The topological polar surface area (TPSA) is 18.5 Å². The molecule has 2 nitrogen and oxygen atoms in total. The van der Waals surface area contributed by atoms with Gasteiger partial charge in [0.1, 0.15) is 0 Å². The molecule has 2 unspecified atom stereocenters. The Kier molecular flexibility index (Phi) is 5.77. The molecule has 1 aliphatic rings. The molecule has 0 amide bonds. The maximum atomic E-state index is 5.71. The molecule has 2 atom stereocenters. The van der Waals surface area contributed by atoms with Crippen molar-refractivity contribution in [3.05, 3.63) is 6.92 Å².